The van der Waals surface area contributed by atoms with Gasteiger partial charge in [0, 0.05) is 24.5 Å². The molecule has 0 aliphatic carbocycles. The zero-order chi connectivity index (χ0) is 19.8. The van der Waals surface area contributed by atoms with Crippen LogP contribution < -0.4 is 21.3 Å². The molecule has 0 aromatic heterocycles. The van der Waals surface area contributed by atoms with Crippen LogP contribution in [0.1, 0.15) is 6.42 Å². The van der Waals surface area contributed by atoms with Crippen LogP contribution in [0.5, 0.6) is 0 Å². The number of carbonyl (C=O) groups excluding carboxylic acids is 2. The number of nitrogens with one attached hydrogen (secondary N) is 4. The first-order chi connectivity index (χ1) is 12.8. The van der Waals surface area contributed by atoms with Gasteiger partial charge in [0.1, 0.15) is 0 Å². The molecule has 2 rings (SSSR count). The van der Waals surface area contributed by atoms with E-state index >= 15 is 0 Å². The number of anilines is 2. The number of amides is 4. The first kappa shape index (κ1) is 21.4. The highest BCUT2D eigenvalue weighted by Crippen LogP contribution is 2.25. The fraction of sp³-hybridized carbons (Fsp3) is 0.176. The van der Waals surface area contributed by atoms with E-state index in [1.807, 2.05) is 0 Å². The van der Waals surface area contributed by atoms with Gasteiger partial charge in [-0.25, -0.2) is 9.59 Å². The molecule has 0 saturated carbocycles. The van der Waals surface area contributed by atoms with E-state index in [9.17, 15) is 9.59 Å². The van der Waals surface area contributed by atoms with E-state index < -0.39 is 0 Å². The van der Waals surface area contributed by atoms with Gasteiger partial charge in [0.25, 0.3) is 0 Å². The Kier molecular flexibility index (Phi) is 8.31. The first-order valence-corrected chi connectivity index (χ1v) is 9.36. The van der Waals surface area contributed by atoms with Gasteiger partial charge in [-0.2, -0.15) is 0 Å². The maximum atomic E-state index is 11.8. The molecule has 2 aromatic carbocycles. The Morgan fingerprint density at radius 1 is 0.667 bits per heavy atom. The van der Waals surface area contributed by atoms with E-state index in [0.29, 0.717) is 51.0 Å². The fourth-order valence-corrected chi connectivity index (χ4v) is 2.59. The lowest BCUT2D eigenvalue weighted by atomic mass is 10.3. The number of hydrogen-bond acceptors (Lipinski definition) is 2. The van der Waals surface area contributed by atoms with Crippen molar-refractivity contribution in [3.05, 3.63) is 56.5 Å². The van der Waals surface area contributed by atoms with Gasteiger partial charge in [-0.1, -0.05) is 46.4 Å². The molecule has 0 bridgehead atoms. The highest BCUT2D eigenvalue weighted by atomic mass is 35.5. The second kappa shape index (κ2) is 10.5. The molecule has 0 spiro atoms. The summed E-state index contributed by atoms with van der Waals surface area (Å²) in [6.45, 7) is 0.750. The van der Waals surface area contributed by atoms with Crippen LogP contribution in [-0.2, 0) is 0 Å². The van der Waals surface area contributed by atoms with Crippen molar-refractivity contribution in [1.29, 1.82) is 0 Å². The molecule has 144 valence electrons. The lowest BCUT2D eigenvalue weighted by Gasteiger charge is -2.10. The highest BCUT2D eigenvalue weighted by molar-refractivity contribution is 6.42. The van der Waals surface area contributed by atoms with Gasteiger partial charge in [-0.05, 0) is 42.8 Å². The van der Waals surface area contributed by atoms with Crippen LogP contribution in [0.4, 0.5) is 21.0 Å². The predicted octanol–water partition coefficient (Wildman–Crippen LogP) is 5.63. The van der Waals surface area contributed by atoms with Crippen molar-refractivity contribution >= 4 is 69.8 Å². The molecule has 0 radical (unpaired) electrons. The number of carbonyl (C=O) groups is 2. The number of rotatable bonds is 6. The maximum Gasteiger partial charge on any atom is 0.319 e. The zero-order valence-electron chi connectivity index (χ0n) is 13.9. The molecule has 0 fully saturated rings. The molecule has 4 amide bonds. The summed E-state index contributed by atoms with van der Waals surface area (Å²) in [5, 5.41) is 12.1. The van der Waals surface area contributed by atoms with Crippen LogP contribution in [0.2, 0.25) is 20.1 Å². The van der Waals surface area contributed by atoms with Gasteiger partial charge in [0.2, 0.25) is 0 Å². The highest BCUT2D eigenvalue weighted by Gasteiger charge is 2.05. The average Bonchev–Trinajstić information content (AvgIpc) is 2.61. The Labute approximate surface area is 176 Å². The van der Waals surface area contributed by atoms with Crippen molar-refractivity contribution in [3.63, 3.8) is 0 Å². The Morgan fingerprint density at radius 2 is 1.07 bits per heavy atom. The Bertz CT molecular complexity index is 765. The van der Waals surface area contributed by atoms with Crippen LogP contribution in [0, 0.1) is 0 Å². The van der Waals surface area contributed by atoms with Crippen LogP contribution in [0.25, 0.3) is 0 Å². The summed E-state index contributed by atoms with van der Waals surface area (Å²) in [6, 6.07) is 8.82. The summed E-state index contributed by atoms with van der Waals surface area (Å²) in [7, 11) is 0. The summed E-state index contributed by atoms with van der Waals surface area (Å²) in [5.41, 5.74) is 1.06. The van der Waals surface area contributed by atoms with Gasteiger partial charge < -0.3 is 21.3 Å². The lowest BCUT2D eigenvalue weighted by Crippen LogP contribution is -2.34. The molecular formula is C17H16Cl4N4O2. The molecule has 27 heavy (non-hydrogen) atoms. The molecule has 2 aromatic rings. The molecule has 0 aliphatic rings. The van der Waals surface area contributed by atoms with Gasteiger partial charge in [-0.3, -0.25) is 0 Å². The third-order valence-corrected chi connectivity index (χ3v) is 4.76. The number of halogens is 4. The van der Waals surface area contributed by atoms with Gasteiger partial charge in [0.05, 0.1) is 20.1 Å². The Balaban J connectivity index is 1.63. The molecule has 0 saturated heterocycles. The van der Waals surface area contributed by atoms with Crippen molar-refractivity contribution in [1.82, 2.24) is 10.6 Å². The number of benzene rings is 2. The van der Waals surface area contributed by atoms with E-state index in [1.54, 1.807) is 36.4 Å². The van der Waals surface area contributed by atoms with Crippen molar-refractivity contribution in [2.24, 2.45) is 0 Å². The minimum atomic E-state index is -0.381. The van der Waals surface area contributed by atoms with Crippen molar-refractivity contribution in [3.8, 4) is 0 Å². The quantitative estimate of drug-likeness (QED) is 0.430. The summed E-state index contributed by atoms with van der Waals surface area (Å²) < 4.78 is 0. The Hall–Kier alpha value is -1.86. The third-order valence-electron chi connectivity index (χ3n) is 3.28. The monoisotopic (exact) mass is 448 g/mol. The molecule has 10 heteroatoms. The van der Waals surface area contributed by atoms with Gasteiger partial charge in [-0.15, -0.1) is 0 Å². The molecule has 6 nitrogen and oxygen atoms in total. The largest absolute Gasteiger partial charge is 0.338 e. The molecule has 0 heterocycles. The maximum absolute atomic E-state index is 11.8. The minimum Gasteiger partial charge on any atom is -0.338 e. The molecular weight excluding hydrogens is 434 g/mol. The van der Waals surface area contributed by atoms with Crippen LogP contribution >= 0.6 is 46.4 Å². The van der Waals surface area contributed by atoms with E-state index in [4.69, 9.17) is 46.4 Å². The zero-order valence-corrected chi connectivity index (χ0v) is 16.9. The molecule has 0 unspecified atom stereocenters. The number of hydrogen-bond donors (Lipinski definition) is 4. The van der Waals surface area contributed by atoms with Crippen LogP contribution in [0.15, 0.2) is 36.4 Å². The van der Waals surface area contributed by atoms with Crippen molar-refractivity contribution < 1.29 is 9.59 Å². The average molecular weight is 450 g/mol. The summed E-state index contributed by atoms with van der Waals surface area (Å²) in [5.74, 6) is 0. The third kappa shape index (κ3) is 7.34. The standard InChI is InChI=1S/C17H16Cl4N4O2/c18-12-4-2-10(8-14(12)20)24-16(26)22-6-1-7-23-17(27)25-11-3-5-13(19)15(21)9-11/h2-5,8-9H,1,6-7H2,(H2,22,24,26)(H2,23,25,27). The summed E-state index contributed by atoms with van der Waals surface area (Å²) in [4.78, 5) is 23.6. The first-order valence-electron chi connectivity index (χ1n) is 7.85. The smallest absolute Gasteiger partial charge is 0.319 e. The van der Waals surface area contributed by atoms with Crippen molar-refractivity contribution in [2.45, 2.75) is 6.42 Å². The lowest BCUT2D eigenvalue weighted by molar-refractivity contribution is 0.251. The predicted molar refractivity (Wildman–Crippen MR) is 112 cm³/mol. The normalized spacial score (nSPS) is 10.2. The van der Waals surface area contributed by atoms with Gasteiger partial charge in [0.15, 0.2) is 0 Å². The summed E-state index contributed by atoms with van der Waals surface area (Å²) >= 11 is 23.4. The summed E-state index contributed by atoms with van der Waals surface area (Å²) in [6.07, 6.45) is 0.545. The fourth-order valence-electron chi connectivity index (χ4n) is 1.99. The molecule has 0 atom stereocenters. The van der Waals surface area contributed by atoms with Crippen LogP contribution in [0.3, 0.4) is 0 Å². The van der Waals surface area contributed by atoms with Crippen LogP contribution in [-0.4, -0.2) is 25.2 Å². The topological polar surface area (TPSA) is 82.3 Å². The van der Waals surface area contributed by atoms with E-state index in [0.717, 1.165) is 0 Å². The molecule has 0 aliphatic heterocycles. The minimum absolute atomic E-state index is 0.353. The van der Waals surface area contributed by atoms with Gasteiger partial charge >= 0.3 is 12.1 Å². The van der Waals surface area contributed by atoms with E-state index in [1.165, 1.54) is 0 Å². The second-order valence-corrected chi connectivity index (χ2v) is 7.00. The number of urea groups is 2. The van der Waals surface area contributed by atoms with Crippen molar-refractivity contribution in [2.75, 3.05) is 23.7 Å². The SMILES string of the molecule is O=C(NCCCNC(=O)Nc1ccc(Cl)c(Cl)c1)Nc1ccc(Cl)c(Cl)c1. The molecule has 4 N–H and O–H groups in total. The Morgan fingerprint density at radius 3 is 1.44 bits per heavy atom. The second-order valence-electron chi connectivity index (χ2n) is 5.37. The van der Waals surface area contributed by atoms with E-state index in [-0.39, 0.29) is 12.1 Å². The van der Waals surface area contributed by atoms with E-state index in [2.05, 4.69) is 21.3 Å².